The van der Waals surface area contributed by atoms with Crippen LogP contribution < -0.4 is 10.3 Å². The molecule has 0 N–H and O–H groups in total. The van der Waals surface area contributed by atoms with Crippen molar-refractivity contribution < 1.29 is 9.53 Å². The van der Waals surface area contributed by atoms with E-state index in [1.165, 1.54) is 10.6 Å². The van der Waals surface area contributed by atoms with Gasteiger partial charge in [0.05, 0.1) is 25.3 Å². The molecule has 0 aliphatic heterocycles. The summed E-state index contributed by atoms with van der Waals surface area (Å²) in [4.78, 5) is 23.8. The normalized spacial score (nSPS) is 10.8. The number of carbonyl (C=O) groups is 1. The molecule has 27 heavy (non-hydrogen) atoms. The fourth-order valence-corrected chi connectivity index (χ4v) is 2.99. The Kier molecular flexibility index (Phi) is 5.54. The molecule has 0 atom stereocenters. The molecule has 0 fully saturated rings. The van der Waals surface area contributed by atoms with Crippen molar-refractivity contribution in [3.05, 3.63) is 70.4 Å². The Hall–Kier alpha value is -3.15. The molecule has 0 saturated carbocycles. The zero-order chi connectivity index (χ0) is 19.4. The molecule has 6 nitrogen and oxygen atoms in total. The van der Waals surface area contributed by atoms with Crippen molar-refractivity contribution in [1.82, 2.24) is 14.3 Å². The van der Waals surface area contributed by atoms with E-state index in [9.17, 15) is 9.59 Å². The summed E-state index contributed by atoms with van der Waals surface area (Å²) >= 11 is 0. The number of ether oxygens (including phenoxy) is 1. The third kappa shape index (κ3) is 4.34. The van der Waals surface area contributed by atoms with Crippen molar-refractivity contribution in [1.29, 1.82) is 0 Å². The quantitative estimate of drug-likeness (QED) is 0.646. The van der Waals surface area contributed by atoms with Crippen LogP contribution in [0.15, 0.2) is 53.6 Å². The number of aryl methyl sites for hydroxylation is 1. The molecule has 0 radical (unpaired) electrons. The number of Topliss-reactive ketones (excluding diaryl/α,β-unsaturated/α-hetero) is 1. The maximum Gasteiger partial charge on any atom is 0.254 e. The largest absolute Gasteiger partial charge is 0.493 e. The average Bonchev–Trinajstić information content (AvgIpc) is 3.00. The average molecular weight is 365 g/mol. The van der Waals surface area contributed by atoms with E-state index in [1.54, 1.807) is 20.2 Å². The number of hydrogen-bond donors (Lipinski definition) is 0. The lowest BCUT2D eigenvalue weighted by Gasteiger charge is -2.11. The van der Waals surface area contributed by atoms with Crippen LogP contribution in [0, 0.1) is 0 Å². The number of aromatic nitrogens is 3. The number of pyridine rings is 1. The molecule has 0 amide bonds. The Morgan fingerprint density at radius 1 is 1.15 bits per heavy atom. The molecule has 3 rings (SSSR count). The number of hydrogen-bond acceptors (Lipinski definition) is 4. The van der Waals surface area contributed by atoms with Gasteiger partial charge in [0.25, 0.3) is 5.56 Å². The van der Waals surface area contributed by atoms with Crippen LogP contribution in [0.5, 0.6) is 5.75 Å². The van der Waals surface area contributed by atoms with Gasteiger partial charge in [-0.2, -0.15) is 5.10 Å². The summed E-state index contributed by atoms with van der Waals surface area (Å²) in [5.41, 5.74) is 3.21. The second-order valence-corrected chi connectivity index (χ2v) is 6.48. The number of ketones is 1. The Balaban J connectivity index is 2.09. The molecule has 2 aromatic heterocycles. The van der Waals surface area contributed by atoms with Gasteiger partial charge in [0.1, 0.15) is 11.5 Å². The lowest BCUT2D eigenvalue weighted by atomic mass is 10.0. The highest BCUT2D eigenvalue weighted by atomic mass is 16.5. The Morgan fingerprint density at radius 3 is 2.56 bits per heavy atom. The minimum atomic E-state index is -0.146. The van der Waals surface area contributed by atoms with Gasteiger partial charge in [0.2, 0.25) is 0 Å². The summed E-state index contributed by atoms with van der Waals surface area (Å²) in [7, 11) is 1.70. The molecule has 2 heterocycles. The highest BCUT2D eigenvalue weighted by Gasteiger charge is 2.18. The fraction of sp³-hybridized carbons (Fsp3) is 0.286. The van der Waals surface area contributed by atoms with Crippen molar-refractivity contribution in [2.24, 2.45) is 7.05 Å². The van der Waals surface area contributed by atoms with Crippen molar-refractivity contribution >= 4 is 5.78 Å². The zero-order valence-electron chi connectivity index (χ0n) is 15.8. The molecule has 3 aromatic rings. The van der Waals surface area contributed by atoms with Crippen molar-refractivity contribution in [3.63, 3.8) is 0 Å². The number of carbonyl (C=O) groups excluding carboxylic acids is 1. The molecular weight excluding hydrogens is 342 g/mol. The minimum Gasteiger partial charge on any atom is -0.493 e. The molecule has 0 aliphatic rings. The van der Waals surface area contributed by atoms with Gasteiger partial charge in [-0.3, -0.25) is 14.3 Å². The zero-order valence-corrected chi connectivity index (χ0v) is 15.8. The van der Waals surface area contributed by atoms with Crippen LogP contribution in [0.1, 0.15) is 25.1 Å². The second-order valence-electron chi connectivity index (χ2n) is 6.48. The maximum atomic E-state index is 12.0. The predicted octanol–water partition coefficient (Wildman–Crippen LogP) is 2.83. The smallest absolute Gasteiger partial charge is 0.254 e. The summed E-state index contributed by atoms with van der Waals surface area (Å²) in [6, 6.07) is 11.5. The van der Waals surface area contributed by atoms with Gasteiger partial charge in [-0.25, -0.2) is 0 Å². The van der Waals surface area contributed by atoms with E-state index < -0.39 is 0 Å². The first-order valence-corrected chi connectivity index (χ1v) is 8.91. The monoisotopic (exact) mass is 365 g/mol. The van der Waals surface area contributed by atoms with E-state index in [0.717, 1.165) is 16.7 Å². The second kappa shape index (κ2) is 8.03. The number of benzene rings is 1. The molecule has 140 valence electrons. The van der Waals surface area contributed by atoms with Gasteiger partial charge in [0.15, 0.2) is 0 Å². The highest BCUT2D eigenvalue weighted by Crippen LogP contribution is 2.31. The minimum absolute atomic E-state index is 0.0315. The van der Waals surface area contributed by atoms with E-state index in [-0.39, 0.29) is 17.8 Å². The van der Waals surface area contributed by atoms with Crippen LogP contribution in [0.4, 0.5) is 0 Å². The first-order chi connectivity index (χ1) is 13.0. The van der Waals surface area contributed by atoms with Crippen molar-refractivity contribution in [2.45, 2.75) is 26.8 Å². The van der Waals surface area contributed by atoms with Gasteiger partial charge < -0.3 is 9.30 Å². The van der Waals surface area contributed by atoms with Gasteiger partial charge in [0, 0.05) is 36.6 Å². The molecule has 1 aromatic carbocycles. The van der Waals surface area contributed by atoms with E-state index in [4.69, 9.17) is 4.74 Å². The van der Waals surface area contributed by atoms with Crippen LogP contribution in [0.3, 0.4) is 0 Å². The third-order valence-electron chi connectivity index (χ3n) is 4.22. The van der Waals surface area contributed by atoms with Gasteiger partial charge in [-0.1, -0.05) is 30.3 Å². The van der Waals surface area contributed by atoms with E-state index in [1.807, 2.05) is 48.1 Å². The molecule has 0 bridgehead atoms. The standard InChI is InChI=1S/C21H23N3O3/c1-4-27-20-11-21(26)23(3)13-18(20)17-14-24(22-19(17)10-15(2)25)12-16-8-6-5-7-9-16/h5-9,11,13-14H,4,10,12H2,1-3H3. The molecular formula is C21H23N3O3. The van der Waals surface area contributed by atoms with Crippen LogP contribution >= 0.6 is 0 Å². The predicted molar refractivity (Wildman–Crippen MR) is 104 cm³/mol. The summed E-state index contributed by atoms with van der Waals surface area (Å²) in [5, 5.41) is 4.63. The summed E-state index contributed by atoms with van der Waals surface area (Å²) in [6.45, 7) is 4.46. The first kappa shape index (κ1) is 18.6. The van der Waals surface area contributed by atoms with E-state index in [2.05, 4.69) is 5.10 Å². The lowest BCUT2D eigenvalue weighted by molar-refractivity contribution is -0.116. The van der Waals surface area contributed by atoms with E-state index >= 15 is 0 Å². The summed E-state index contributed by atoms with van der Waals surface area (Å²) < 4.78 is 9.01. The Morgan fingerprint density at radius 2 is 1.89 bits per heavy atom. The van der Waals surface area contributed by atoms with Crippen molar-refractivity contribution in [2.75, 3.05) is 6.61 Å². The fourth-order valence-electron chi connectivity index (χ4n) is 2.99. The topological polar surface area (TPSA) is 66.1 Å². The number of rotatable bonds is 7. The number of nitrogens with zero attached hydrogens (tertiary/aromatic N) is 3. The molecule has 0 unspecified atom stereocenters. The lowest BCUT2D eigenvalue weighted by Crippen LogP contribution is -2.16. The van der Waals surface area contributed by atoms with Crippen molar-refractivity contribution in [3.8, 4) is 16.9 Å². The molecule has 6 heteroatoms. The van der Waals surface area contributed by atoms with E-state index in [0.29, 0.717) is 24.6 Å². The Labute approximate surface area is 158 Å². The van der Waals surface area contributed by atoms with Crippen LogP contribution in [-0.2, 0) is 24.8 Å². The van der Waals surface area contributed by atoms with Gasteiger partial charge in [-0.15, -0.1) is 0 Å². The van der Waals surface area contributed by atoms with Gasteiger partial charge in [-0.05, 0) is 19.4 Å². The van der Waals surface area contributed by atoms with Gasteiger partial charge >= 0.3 is 0 Å². The summed E-state index contributed by atoms with van der Waals surface area (Å²) in [6.07, 6.45) is 3.87. The molecule has 0 saturated heterocycles. The summed E-state index contributed by atoms with van der Waals surface area (Å²) in [5.74, 6) is 0.536. The maximum absolute atomic E-state index is 12.0. The van der Waals surface area contributed by atoms with Crippen LogP contribution in [0.25, 0.3) is 11.1 Å². The first-order valence-electron chi connectivity index (χ1n) is 8.91. The SMILES string of the molecule is CCOc1cc(=O)n(C)cc1-c1cn(Cc2ccccc2)nc1CC(C)=O. The van der Waals surface area contributed by atoms with Crippen LogP contribution in [-0.4, -0.2) is 26.7 Å². The molecule has 0 aliphatic carbocycles. The molecule has 0 spiro atoms. The Bertz CT molecular complexity index is 1000. The third-order valence-corrected chi connectivity index (χ3v) is 4.22. The van der Waals surface area contributed by atoms with Crippen LogP contribution in [0.2, 0.25) is 0 Å². The highest BCUT2D eigenvalue weighted by molar-refractivity contribution is 5.81.